The van der Waals surface area contributed by atoms with Crippen LogP contribution in [0.4, 0.5) is 0 Å². The van der Waals surface area contributed by atoms with Crippen LogP contribution in [0.25, 0.3) is 0 Å². The quantitative estimate of drug-likeness (QED) is 0.511. The molecule has 0 saturated carbocycles. The monoisotopic (exact) mass is 232 g/mol. The molecule has 0 bridgehead atoms. The normalized spacial score (nSPS) is 13.6. The van der Waals surface area contributed by atoms with E-state index < -0.39 is 11.6 Å². The van der Waals surface area contributed by atoms with Crippen molar-refractivity contribution in [2.75, 3.05) is 26.8 Å². The molecular weight excluding hydrogens is 208 g/mol. The van der Waals surface area contributed by atoms with Crippen LogP contribution in [-0.2, 0) is 9.53 Å². The summed E-state index contributed by atoms with van der Waals surface area (Å²) in [5.74, 6) is -0.0650. The Balaban J connectivity index is 3.65. The summed E-state index contributed by atoms with van der Waals surface area (Å²) in [4.78, 5) is 11.4. The van der Waals surface area contributed by atoms with Crippen LogP contribution in [0.2, 0.25) is 0 Å². The van der Waals surface area contributed by atoms with E-state index >= 15 is 0 Å². The Morgan fingerprint density at radius 2 is 2.12 bits per heavy atom. The van der Waals surface area contributed by atoms with Gasteiger partial charge in [0.05, 0.1) is 12.6 Å². The largest absolute Gasteiger partial charge is 0.392 e. The Morgan fingerprint density at radius 1 is 1.50 bits per heavy atom. The number of methoxy groups -OCH3 is 1. The summed E-state index contributed by atoms with van der Waals surface area (Å²) in [6.45, 7) is 6.89. The topological polar surface area (TPSA) is 70.6 Å². The van der Waals surface area contributed by atoms with Crippen molar-refractivity contribution in [3.63, 3.8) is 0 Å². The molecule has 5 heteroatoms. The molecule has 0 aliphatic rings. The highest BCUT2D eigenvalue weighted by Gasteiger charge is 2.23. The van der Waals surface area contributed by atoms with E-state index in [1.54, 1.807) is 14.0 Å². The maximum Gasteiger partial charge on any atom is 0.233 e. The number of aliphatic hydroxyl groups is 1. The third-order valence-corrected chi connectivity index (χ3v) is 2.60. The molecular formula is C11H24N2O3. The molecule has 1 unspecified atom stereocenters. The van der Waals surface area contributed by atoms with E-state index in [1.807, 2.05) is 13.8 Å². The number of hydrogen-bond donors (Lipinski definition) is 3. The van der Waals surface area contributed by atoms with Crippen molar-refractivity contribution in [1.82, 2.24) is 10.6 Å². The van der Waals surface area contributed by atoms with Crippen molar-refractivity contribution in [1.29, 1.82) is 0 Å². The van der Waals surface area contributed by atoms with E-state index in [9.17, 15) is 9.90 Å². The van der Waals surface area contributed by atoms with Gasteiger partial charge in [0.25, 0.3) is 0 Å². The fraction of sp³-hybridized carbons (Fsp3) is 0.909. The Labute approximate surface area is 97.6 Å². The zero-order chi connectivity index (χ0) is 12.6. The molecule has 0 heterocycles. The highest BCUT2D eigenvalue weighted by atomic mass is 16.5. The molecule has 0 aliphatic carbocycles. The van der Waals surface area contributed by atoms with Crippen molar-refractivity contribution in [3.05, 3.63) is 0 Å². The second-order valence-electron chi connectivity index (χ2n) is 4.45. The fourth-order valence-corrected chi connectivity index (χ4v) is 0.963. The Hall–Kier alpha value is -0.650. The molecule has 1 amide bonds. The molecule has 16 heavy (non-hydrogen) atoms. The Morgan fingerprint density at radius 3 is 2.62 bits per heavy atom. The van der Waals surface area contributed by atoms with Crippen LogP contribution >= 0.6 is 0 Å². The van der Waals surface area contributed by atoms with Crippen molar-refractivity contribution in [2.45, 2.75) is 38.8 Å². The summed E-state index contributed by atoms with van der Waals surface area (Å²) in [5.41, 5.74) is -0.454. The van der Waals surface area contributed by atoms with Crippen molar-refractivity contribution < 1.29 is 14.6 Å². The SMILES string of the molecule is COCCCNC(=O)CNC(C)(C)C(C)O. The van der Waals surface area contributed by atoms with Crippen LogP contribution in [0.1, 0.15) is 27.2 Å². The summed E-state index contributed by atoms with van der Waals surface area (Å²) < 4.78 is 4.87. The van der Waals surface area contributed by atoms with Gasteiger partial charge in [0.2, 0.25) is 5.91 Å². The van der Waals surface area contributed by atoms with Crippen LogP contribution in [0.3, 0.4) is 0 Å². The molecule has 0 aromatic heterocycles. The lowest BCUT2D eigenvalue weighted by Crippen LogP contribution is -2.51. The van der Waals surface area contributed by atoms with E-state index in [2.05, 4.69) is 10.6 Å². The molecule has 0 spiro atoms. The predicted octanol–water partition coefficient (Wildman–Crippen LogP) is -0.112. The molecule has 96 valence electrons. The van der Waals surface area contributed by atoms with Gasteiger partial charge in [0, 0.05) is 25.8 Å². The molecule has 0 aromatic carbocycles. The summed E-state index contributed by atoms with van der Waals surface area (Å²) in [6.07, 6.45) is 0.302. The second kappa shape index (κ2) is 7.60. The smallest absolute Gasteiger partial charge is 0.233 e. The van der Waals surface area contributed by atoms with E-state index in [0.29, 0.717) is 13.2 Å². The van der Waals surface area contributed by atoms with Gasteiger partial charge in [0.15, 0.2) is 0 Å². The highest BCUT2D eigenvalue weighted by molar-refractivity contribution is 5.78. The minimum Gasteiger partial charge on any atom is -0.392 e. The molecule has 3 N–H and O–H groups in total. The Bertz CT molecular complexity index is 205. The maximum atomic E-state index is 11.4. The van der Waals surface area contributed by atoms with Gasteiger partial charge in [0.1, 0.15) is 0 Å². The number of carbonyl (C=O) groups excluding carboxylic acids is 1. The Kier molecular flexibility index (Phi) is 7.29. The van der Waals surface area contributed by atoms with Gasteiger partial charge in [-0.2, -0.15) is 0 Å². The van der Waals surface area contributed by atoms with Gasteiger partial charge in [-0.25, -0.2) is 0 Å². The molecule has 0 saturated heterocycles. The highest BCUT2D eigenvalue weighted by Crippen LogP contribution is 2.07. The van der Waals surface area contributed by atoms with Crippen LogP contribution in [0, 0.1) is 0 Å². The first-order chi connectivity index (χ1) is 7.40. The summed E-state index contributed by atoms with van der Waals surface area (Å²) >= 11 is 0. The van der Waals surface area contributed by atoms with Crippen LogP contribution < -0.4 is 10.6 Å². The number of aliphatic hydroxyl groups excluding tert-OH is 1. The van der Waals surface area contributed by atoms with E-state index in [-0.39, 0.29) is 12.5 Å². The number of nitrogens with one attached hydrogen (secondary N) is 2. The first-order valence-electron chi connectivity index (χ1n) is 5.59. The molecule has 1 atom stereocenters. The first kappa shape index (κ1) is 15.3. The summed E-state index contributed by atoms with van der Waals surface area (Å²) in [5, 5.41) is 15.2. The second-order valence-corrected chi connectivity index (χ2v) is 4.45. The van der Waals surface area contributed by atoms with Crippen molar-refractivity contribution in [3.8, 4) is 0 Å². The minimum absolute atomic E-state index is 0.0650. The lowest BCUT2D eigenvalue weighted by Gasteiger charge is -2.29. The molecule has 5 nitrogen and oxygen atoms in total. The zero-order valence-corrected chi connectivity index (χ0v) is 10.7. The maximum absolute atomic E-state index is 11.4. The third kappa shape index (κ3) is 6.76. The minimum atomic E-state index is -0.506. The number of carbonyl (C=O) groups is 1. The van der Waals surface area contributed by atoms with Crippen LogP contribution in [-0.4, -0.2) is 49.5 Å². The standard InChI is InChI=1S/C11H24N2O3/c1-9(14)11(2,3)13-8-10(15)12-6-5-7-16-4/h9,13-14H,5-8H2,1-4H3,(H,12,15). The summed E-state index contributed by atoms with van der Waals surface area (Å²) in [6, 6.07) is 0. The lowest BCUT2D eigenvalue weighted by molar-refractivity contribution is -0.120. The van der Waals surface area contributed by atoms with Gasteiger partial charge < -0.3 is 20.5 Å². The van der Waals surface area contributed by atoms with Gasteiger partial charge in [-0.3, -0.25) is 4.79 Å². The van der Waals surface area contributed by atoms with Crippen LogP contribution in [0.15, 0.2) is 0 Å². The fourth-order valence-electron chi connectivity index (χ4n) is 0.963. The average Bonchev–Trinajstić information content (AvgIpc) is 2.21. The number of ether oxygens (including phenoxy) is 1. The van der Waals surface area contributed by atoms with Gasteiger partial charge in [-0.1, -0.05) is 0 Å². The van der Waals surface area contributed by atoms with E-state index in [4.69, 9.17) is 4.74 Å². The number of rotatable bonds is 8. The zero-order valence-electron chi connectivity index (χ0n) is 10.7. The molecule has 0 fully saturated rings. The van der Waals surface area contributed by atoms with Crippen LogP contribution in [0.5, 0.6) is 0 Å². The van der Waals surface area contributed by atoms with E-state index in [1.165, 1.54) is 0 Å². The number of amides is 1. The third-order valence-electron chi connectivity index (χ3n) is 2.60. The average molecular weight is 232 g/mol. The van der Waals surface area contributed by atoms with Gasteiger partial charge in [-0.15, -0.1) is 0 Å². The van der Waals surface area contributed by atoms with E-state index in [0.717, 1.165) is 6.42 Å². The summed E-state index contributed by atoms with van der Waals surface area (Å²) in [7, 11) is 1.63. The molecule has 0 aromatic rings. The molecule has 0 radical (unpaired) electrons. The lowest BCUT2D eigenvalue weighted by atomic mass is 9.99. The molecule has 0 aliphatic heterocycles. The first-order valence-corrected chi connectivity index (χ1v) is 5.59. The van der Waals surface area contributed by atoms with Crippen molar-refractivity contribution >= 4 is 5.91 Å². The molecule has 0 rings (SSSR count). The van der Waals surface area contributed by atoms with Gasteiger partial charge in [-0.05, 0) is 27.2 Å². The predicted molar refractivity (Wildman–Crippen MR) is 63.3 cm³/mol. The number of hydrogen-bond acceptors (Lipinski definition) is 4. The van der Waals surface area contributed by atoms with Crippen molar-refractivity contribution in [2.24, 2.45) is 0 Å². The van der Waals surface area contributed by atoms with Gasteiger partial charge >= 0.3 is 0 Å².